The fraction of sp³-hybridized carbons (Fsp3) is 0.217. The van der Waals surface area contributed by atoms with E-state index in [1.54, 1.807) is 48.5 Å². The molecule has 1 aromatic heterocycles. The summed E-state index contributed by atoms with van der Waals surface area (Å²) < 4.78 is 1.53. The van der Waals surface area contributed by atoms with Crippen LogP contribution in [0.25, 0.3) is 16.8 Å². The molecule has 0 spiro atoms. The first kappa shape index (κ1) is 18.5. The van der Waals surface area contributed by atoms with Gasteiger partial charge in [-0.25, -0.2) is 0 Å². The topological polar surface area (TPSA) is 59.3 Å². The van der Waals surface area contributed by atoms with Gasteiger partial charge in [-0.1, -0.05) is 61.8 Å². The van der Waals surface area contributed by atoms with Gasteiger partial charge >= 0.3 is 0 Å². The van der Waals surface area contributed by atoms with Gasteiger partial charge < -0.3 is 5.11 Å². The van der Waals surface area contributed by atoms with Gasteiger partial charge in [0.15, 0.2) is 5.78 Å². The molecule has 142 valence electrons. The van der Waals surface area contributed by atoms with Crippen LogP contribution >= 0.6 is 11.6 Å². The van der Waals surface area contributed by atoms with Crippen LogP contribution in [0.4, 0.5) is 0 Å². The zero-order valence-corrected chi connectivity index (χ0v) is 16.5. The average Bonchev–Trinajstić information content (AvgIpc) is 2.61. The molecule has 1 N–H and O–H groups in total. The van der Waals surface area contributed by atoms with Crippen molar-refractivity contribution >= 4 is 17.4 Å². The van der Waals surface area contributed by atoms with Gasteiger partial charge in [-0.2, -0.15) is 0 Å². The van der Waals surface area contributed by atoms with Crippen molar-refractivity contribution in [3.05, 3.63) is 81.2 Å². The van der Waals surface area contributed by atoms with Crippen LogP contribution in [0, 0.1) is 5.41 Å². The lowest BCUT2D eigenvalue weighted by atomic mass is 9.74. The SMILES string of the molecule is CC1(C)CC(=O)c2c(O)c(-c3ccccc3)c(=O)n(-c3cccc(Cl)c3)c2C1. The zero-order chi connectivity index (χ0) is 20.1. The van der Waals surface area contributed by atoms with Crippen molar-refractivity contribution in [1.82, 2.24) is 4.57 Å². The van der Waals surface area contributed by atoms with Crippen molar-refractivity contribution in [2.24, 2.45) is 5.41 Å². The Morgan fingerprint density at radius 3 is 2.36 bits per heavy atom. The third-order valence-corrected chi connectivity index (χ3v) is 5.38. The number of rotatable bonds is 2. The molecular formula is C23H20ClNO3. The standard InChI is InChI=1S/C23H20ClNO3/c1-23(2)12-17-20(18(26)13-23)21(27)19(14-7-4-3-5-8-14)22(28)25(17)16-10-6-9-15(24)11-16/h3-11,27H,12-13H2,1-2H3. The molecule has 0 amide bonds. The maximum absolute atomic E-state index is 13.5. The fourth-order valence-electron chi connectivity index (χ4n) is 3.96. The molecule has 2 aromatic carbocycles. The van der Waals surface area contributed by atoms with E-state index in [9.17, 15) is 14.7 Å². The predicted molar refractivity (Wildman–Crippen MR) is 111 cm³/mol. The number of carbonyl (C=O) groups is 1. The van der Waals surface area contributed by atoms with Crippen molar-refractivity contribution in [2.75, 3.05) is 0 Å². The Morgan fingerprint density at radius 2 is 1.68 bits per heavy atom. The number of aromatic hydroxyl groups is 1. The van der Waals surface area contributed by atoms with Gasteiger partial charge in [0, 0.05) is 17.1 Å². The lowest BCUT2D eigenvalue weighted by molar-refractivity contribution is 0.0905. The number of aromatic nitrogens is 1. The maximum Gasteiger partial charge on any atom is 0.266 e. The fourth-order valence-corrected chi connectivity index (χ4v) is 4.15. The minimum atomic E-state index is -0.366. The van der Waals surface area contributed by atoms with E-state index in [0.29, 0.717) is 34.8 Å². The van der Waals surface area contributed by atoms with Crippen LogP contribution in [0.15, 0.2) is 59.4 Å². The Morgan fingerprint density at radius 1 is 0.964 bits per heavy atom. The quantitative estimate of drug-likeness (QED) is 0.665. The highest BCUT2D eigenvalue weighted by Crippen LogP contribution is 2.41. The van der Waals surface area contributed by atoms with E-state index < -0.39 is 0 Å². The number of hydrogen-bond donors (Lipinski definition) is 1. The highest BCUT2D eigenvalue weighted by Gasteiger charge is 2.37. The number of fused-ring (bicyclic) bond motifs is 1. The smallest absolute Gasteiger partial charge is 0.266 e. The van der Waals surface area contributed by atoms with E-state index in [1.807, 2.05) is 19.9 Å². The van der Waals surface area contributed by atoms with Crippen LogP contribution in [-0.4, -0.2) is 15.5 Å². The van der Waals surface area contributed by atoms with Gasteiger partial charge in [0.2, 0.25) is 0 Å². The molecule has 5 heteroatoms. The van der Waals surface area contributed by atoms with Gasteiger partial charge in [0.25, 0.3) is 5.56 Å². The third kappa shape index (κ3) is 3.04. The summed E-state index contributed by atoms with van der Waals surface area (Å²) in [6.45, 7) is 3.98. The van der Waals surface area contributed by atoms with E-state index >= 15 is 0 Å². The molecule has 0 radical (unpaired) electrons. The Balaban J connectivity index is 2.14. The molecule has 4 nitrogen and oxygen atoms in total. The summed E-state index contributed by atoms with van der Waals surface area (Å²) in [5.74, 6) is -0.387. The van der Waals surface area contributed by atoms with Crippen LogP contribution < -0.4 is 5.56 Å². The second-order valence-electron chi connectivity index (χ2n) is 7.97. The van der Waals surface area contributed by atoms with Crippen LogP contribution in [0.5, 0.6) is 5.75 Å². The van der Waals surface area contributed by atoms with Gasteiger partial charge in [-0.15, -0.1) is 0 Å². The van der Waals surface area contributed by atoms with E-state index in [-0.39, 0.29) is 33.6 Å². The largest absolute Gasteiger partial charge is 0.506 e. The number of halogens is 1. The number of pyridine rings is 1. The molecule has 0 bridgehead atoms. The van der Waals surface area contributed by atoms with Gasteiger partial charge in [0.05, 0.1) is 16.8 Å². The molecule has 3 aromatic rings. The molecule has 0 saturated heterocycles. The van der Waals surface area contributed by atoms with Crippen LogP contribution in [0.3, 0.4) is 0 Å². The molecule has 0 atom stereocenters. The first-order valence-corrected chi connectivity index (χ1v) is 9.52. The van der Waals surface area contributed by atoms with E-state index in [0.717, 1.165) is 0 Å². The molecule has 0 aliphatic heterocycles. The highest BCUT2D eigenvalue weighted by molar-refractivity contribution is 6.30. The lowest BCUT2D eigenvalue weighted by Gasteiger charge is -2.33. The monoisotopic (exact) mass is 393 g/mol. The second kappa shape index (κ2) is 6.64. The van der Waals surface area contributed by atoms with Crippen molar-refractivity contribution in [3.63, 3.8) is 0 Å². The Bertz CT molecular complexity index is 1150. The number of ketones is 1. The summed E-state index contributed by atoms with van der Waals surface area (Å²) in [5, 5.41) is 11.5. The molecule has 0 fully saturated rings. The van der Waals surface area contributed by atoms with E-state index in [1.165, 1.54) is 4.57 Å². The Labute approximate surface area is 168 Å². The van der Waals surface area contributed by atoms with Crippen molar-refractivity contribution in [3.8, 4) is 22.6 Å². The number of hydrogen-bond acceptors (Lipinski definition) is 3. The summed E-state index contributed by atoms with van der Waals surface area (Å²) in [7, 11) is 0. The minimum absolute atomic E-state index is 0.132. The van der Waals surface area contributed by atoms with Crippen molar-refractivity contribution in [2.45, 2.75) is 26.7 Å². The summed E-state index contributed by atoms with van der Waals surface area (Å²) in [5.41, 5.74) is 1.38. The van der Waals surface area contributed by atoms with Crippen LogP contribution in [-0.2, 0) is 6.42 Å². The summed E-state index contributed by atoms with van der Waals surface area (Å²) in [6, 6.07) is 15.9. The first-order valence-electron chi connectivity index (χ1n) is 9.14. The van der Waals surface area contributed by atoms with E-state index in [2.05, 4.69) is 0 Å². The second-order valence-corrected chi connectivity index (χ2v) is 8.41. The number of nitrogens with zero attached hydrogens (tertiary/aromatic N) is 1. The highest BCUT2D eigenvalue weighted by atomic mass is 35.5. The van der Waals surface area contributed by atoms with Crippen molar-refractivity contribution in [1.29, 1.82) is 0 Å². The molecule has 4 rings (SSSR count). The van der Waals surface area contributed by atoms with Gasteiger partial charge in [0.1, 0.15) is 5.75 Å². The van der Waals surface area contributed by atoms with Crippen molar-refractivity contribution < 1.29 is 9.90 Å². The summed E-state index contributed by atoms with van der Waals surface area (Å²) >= 11 is 6.17. The van der Waals surface area contributed by atoms with Crippen LogP contribution in [0.1, 0.15) is 36.3 Å². The molecule has 1 aliphatic rings. The predicted octanol–water partition coefficient (Wildman–Crippen LogP) is 5.02. The maximum atomic E-state index is 13.5. The minimum Gasteiger partial charge on any atom is -0.506 e. The molecule has 0 unspecified atom stereocenters. The van der Waals surface area contributed by atoms with E-state index in [4.69, 9.17) is 11.6 Å². The third-order valence-electron chi connectivity index (χ3n) is 5.14. The number of carbonyl (C=O) groups excluding carboxylic acids is 1. The average molecular weight is 394 g/mol. The summed E-state index contributed by atoms with van der Waals surface area (Å²) in [6.07, 6.45) is 0.813. The van der Waals surface area contributed by atoms with Gasteiger partial charge in [-0.05, 0) is 35.6 Å². The molecule has 1 aliphatic carbocycles. The molecule has 1 heterocycles. The molecule has 0 saturated carbocycles. The summed E-state index contributed by atoms with van der Waals surface area (Å²) in [4.78, 5) is 26.5. The lowest BCUT2D eigenvalue weighted by Crippen LogP contribution is -2.35. The first-order chi connectivity index (χ1) is 13.3. The van der Waals surface area contributed by atoms with Crippen LogP contribution in [0.2, 0.25) is 5.02 Å². The van der Waals surface area contributed by atoms with Gasteiger partial charge in [-0.3, -0.25) is 14.2 Å². The zero-order valence-electron chi connectivity index (χ0n) is 15.7. The Kier molecular flexibility index (Phi) is 4.39. The number of benzene rings is 2. The normalized spacial score (nSPS) is 15.3. The Hall–Kier alpha value is -2.85. The molecule has 28 heavy (non-hydrogen) atoms. The molecular weight excluding hydrogens is 374 g/mol. The number of Topliss-reactive ketones (excluding diaryl/α,β-unsaturated/α-hetero) is 1.